The molecule has 2 aromatic rings. The molecular formula is C20H22BrNO5S. The van der Waals surface area contributed by atoms with Gasteiger partial charge in [0, 0.05) is 12.8 Å². The molecule has 0 N–H and O–H groups in total. The number of benzene rings is 2. The van der Waals surface area contributed by atoms with Crippen LogP contribution in [0.5, 0.6) is 5.75 Å². The number of carbonyl (C=O) groups excluding carboxylic acids is 2. The Morgan fingerprint density at radius 2 is 1.64 bits per heavy atom. The van der Waals surface area contributed by atoms with Gasteiger partial charge in [-0.15, -0.1) is 0 Å². The van der Waals surface area contributed by atoms with Crippen LogP contribution in [-0.2, 0) is 19.6 Å². The Kier molecular flexibility index (Phi) is 7.77. The monoisotopic (exact) mass is 467 g/mol. The van der Waals surface area contributed by atoms with Gasteiger partial charge in [-0.3, -0.25) is 9.59 Å². The molecule has 150 valence electrons. The number of ether oxygens (including phenoxy) is 1. The predicted octanol–water partition coefficient (Wildman–Crippen LogP) is 4.68. The van der Waals surface area contributed by atoms with E-state index in [1.807, 2.05) is 6.92 Å². The van der Waals surface area contributed by atoms with Crippen molar-refractivity contribution in [2.75, 3.05) is 4.31 Å². The molecule has 0 aliphatic heterocycles. The quantitative estimate of drug-likeness (QED) is 0.415. The lowest BCUT2D eigenvalue weighted by Gasteiger charge is -2.23. The molecular weight excluding hydrogens is 446 g/mol. The number of rotatable bonds is 8. The number of hydrogen-bond acceptors (Lipinski definition) is 5. The van der Waals surface area contributed by atoms with Crippen LogP contribution < -0.4 is 9.04 Å². The summed E-state index contributed by atoms with van der Waals surface area (Å²) >= 11 is 3.30. The van der Waals surface area contributed by atoms with Crippen molar-refractivity contribution in [1.82, 2.24) is 0 Å². The van der Waals surface area contributed by atoms with Crippen LogP contribution in [0.2, 0.25) is 0 Å². The lowest BCUT2D eigenvalue weighted by molar-refractivity contribution is -0.134. The molecule has 28 heavy (non-hydrogen) atoms. The van der Waals surface area contributed by atoms with Gasteiger partial charge in [0.05, 0.1) is 15.1 Å². The van der Waals surface area contributed by atoms with Crippen molar-refractivity contribution < 1.29 is 22.7 Å². The fraction of sp³-hybridized carbons (Fsp3) is 0.300. The molecule has 0 saturated heterocycles. The van der Waals surface area contributed by atoms with Crippen LogP contribution in [-0.4, -0.2) is 20.3 Å². The van der Waals surface area contributed by atoms with Gasteiger partial charge in [-0.05, 0) is 59.1 Å². The van der Waals surface area contributed by atoms with E-state index >= 15 is 0 Å². The third-order valence-corrected chi connectivity index (χ3v) is 6.18. The van der Waals surface area contributed by atoms with E-state index in [2.05, 4.69) is 15.9 Å². The lowest BCUT2D eigenvalue weighted by Crippen LogP contribution is -2.36. The average Bonchev–Trinajstić information content (AvgIpc) is 2.65. The Morgan fingerprint density at radius 1 is 1.00 bits per heavy atom. The van der Waals surface area contributed by atoms with Crippen LogP contribution in [0.1, 0.15) is 39.5 Å². The molecule has 6 nitrogen and oxygen atoms in total. The highest BCUT2D eigenvalue weighted by molar-refractivity contribution is 9.10. The van der Waals surface area contributed by atoms with E-state index in [4.69, 9.17) is 4.74 Å². The highest BCUT2D eigenvalue weighted by Crippen LogP contribution is 2.33. The molecule has 0 unspecified atom stereocenters. The Morgan fingerprint density at radius 3 is 2.21 bits per heavy atom. The van der Waals surface area contributed by atoms with Crippen LogP contribution in [0.25, 0.3) is 0 Å². The molecule has 0 radical (unpaired) electrons. The number of carbonyl (C=O) groups is 2. The third kappa shape index (κ3) is 5.20. The number of amides is 1. The first-order chi connectivity index (χ1) is 13.3. The topological polar surface area (TPSA) is 80.8 Å². The van der Waals surface area contributed by atoms with Gasteiger partial charge in [-0.2, -0.15) is 0 Å². The molecule has 0 aliphatic rings. The van der Waals surface area contributed by atoms with Crippen LogP contribution in [0.3, 0.4) is 0 Å². The number of hydrogen-bond donors (Lipinski definition) is 0. The van der Waals surface area contributed by atoms with E-state index in [9.17, 15) is 18.0 Å². The first kappa shape index (κ1) is 22.1. The average molecular weight is 468 g/mol. The van der Waals surface area contributed by atoms with Gasteiger partial charge in [0.1, 0.15) is 5.75 Å². The number of nitrogens with zero attached hydrogens (tertiary/aromatic N) is 1. The van der Waals surface area contributed by atoms with E-state index in [0.29, 0.717) is 17.3 Å². The van der Waals surface area contributed by atoms with E-state index < -0.39 is 15.9 Å². The summed E-state index contributed by atoms with van der Waals surface area (Å²) in [5.41, 5.74) is 0.171. The van der Waals surface area contributed by atoms with E-state index in [-0.39, 0.29) is 35.1 Å². The van der Waals surface area contributed by atoms with Crippen molar-refractivity contribution in [3.05, 3.63) is 53.0 Å². The molecule has 0 spiro atoms. The van der Waals surface area contributed by atoms with Crippen molar-refractivity contribution >= 4 is 43.5 Å². The first-order valence-electron chi connectivity index (χ1n) is 8.94. The van der Waals surface area contributed by atoms with Crippen molar-refractivity contribution in [2.45, 2.75) is 44.4 Å². The van der Waals surface area contributed by atoms with Crippen LogP contribution in [0.15, 0.2) is 57.9 Å². The minimum absolute atomic E-state index is 0.0222. The van der Waals surface area contributed by atoms with Gasteiger partial charge in [-0.25, -0.2) is 12.7 Å². The zero-order valence-electron chi connectivity index (χ0n) is 15.7. The van der Waals surface area contributed by atoms with Crippen molar-refractivity contribution in [3.8, 4) is 5.75 Å². The number of halogens is 1. The van der Waals surface area contributed by atoms with Gasteiger partial charge in [-0.1, -0.05) is 32.0 Å². The highest BCUT2D eigenvalue weighted by atomic mass is 79.9. The van der Waals surface area contributed by atoms with Gasteiger partial charge in [0.25, 0.3) is 10.0 Å². The molecule has 2 aromatic carbocycles. The van der Waals surface area contributed by atoms with Gasteiger partial charge >= 0.3 is 5.97 Å². The summed E-state index contributed by atoms with van der Waals surface area (Å²) in [4.78, 5) is 24.4. The van der Waals surface area contributed by atoms with E-state index in [1.165, 1.54) is 30.3 Å². The summed E-state index contributed by atoms with van der Waals surface area (Å²) in [6, 6.07) is 12.2. The minimum Gasteiger partial charge on any atom is -0.425 e. The van der Waals surface area contributed by atoms with Crippen LogP contribution in [0, 0.1) is 0 Å². The Bertz CT molecular complexity index is 944. The lowest BCUT2D eigenvalue weighted by atomic mass is 10.2. The first-order valence-corrected chi connectivity index (χ1v) is 11.2. The van der Waals surface area contributed by atoms with Gasteiger partial charge in [0.2, 0.25) is 5.91 Å². The summed E-state index contributed by atoms with van der Waals surface area (Å²) in [6.07, 6.45) is 1.52. The smallest absolute Gasteiger partial charge is 0.311 e. The second-order valence-corrected chi connectivity index (χ2v) is 8.71. The summed E-state index contributed by atoms with van der Waals surface area (Å²) in [6.45, 7) is 3.67. The summed E-state index contributed by atoms with van der Waals surface area (Å²) in [5.74, 6) is -0.650. The van der Waals surface area contributed by atoms with E-state index in [1.54, 1.807) is 25.1 Å². The number of sulfonamides is 1. The molecule has 0 saturated carbocycles. The van der Waals surface area contributed by atoms with Gasteiger partial charge in [0.15, 0.2) is 0 Å². The second kappa shape index (κ2) is 9.84. The molecule has 8 heteroatoms. The Balaban J connectivity index is 2.46. The van der Waals surface area contributed by atoms with Crippen molar-refractivity contribution in [3.63, 3.8) is 0 Å². The van der Waals surface area contributed by atoms with E-state index in [0.717, 1.165) is 4.31 Å². The maximum atomic E-state index is 13.1. The van der Waals surface area contributed by atoms with Crippen molar-refractivity contribution in [2.24, 2.45) is 0 Å². The van der Waals surface area contributed by atoms with Crippen LogP contribution in [0.4, 0.5) is 5.69 Å². The number of anilines is 1. The van der Waals surface area contributed by atoms with Crippen molar-refractivity contribution in [1.29, 1.82) is 0 Å². The second-order valence-electron chi connectivity index (χ2n) is 6.07. The fourth-order valence-electron chi connectivity index (χ4n) is 2.51. The fourth-order valence-corrected chi connectivity index (χ4v) is 4.42. The molecule has 0 aliphatic carbocycles. The van der Waals surface area contributed by atoms with Gasteiger partial charge < -0.3 is 4.74 Å². The molecule has 0 aromatic heterocycles. The minimum atomic E-state index is -4.08. The zero-order valence-corrected chi connectivity index (χ0v) is 18.1. The van der Waals surface area contributed by atoms with Crippen LogP contribution >= 0.6 is 15.9 Å². The SMILES string of the molecule is CCCC(=O)Oc1ccc(N(C(=O)CCC)S(=O)(=O)c2ccccc2)cc1Br. The molecule has 0 atom stereocenters. The highest BCUT2D eigenvalue weighted by Gasteiger charge is 2.30. The summed E-state index contributed by atoms with van der Waals surface area (Å²) in [5, 5.41) is 0. The molecule has 0 fully saturated rings. The molecule has 0 heterocycles. The number of esters is 1. The molecule has 2 rings (SSSR count). The zero-order chi connectivity index (χ0) is 20.7. The maximum absolute atomic E-state index is 13.1. The molecule has 1 amide bonds. The predicted molar refractivity (Wildman–Crippen MR) is 111 cm³/mol. The summed E-state index contributed by atoms with van der Waals surface area (Å²) in [7, 11) is -4.08. The normalized spacial score (nSPS) is 11.1. The molecule has 0 bridgehead atoms. The third-order valence-electron chi connectivity index (χ3n) is 3.80. The Hall–Kier alpha value is -2.19. The Labute approximate surface area is 173 Å². The standard InChI is InChI=1S/C20H22BrNO5S/c1-3-8-19(23)22(28(25,26)16-10-6-5-7-11-16)15-12-13-18(17(21)14-15)27-20(24)9-4-2/h5-7,10-14H,3-4,8-9H2,1-2H3. The summed E-state index contributed by atoms with van der Waals surface area (Å²) < 4.78 is 32.7. The maximum Gasteiger partial charge on any atom is 0.311 e. The largest absolute Gasteiger partial charge is 0.425 e.